The number of amides is 1. The molecule has 0 saturated heterocycles. The highest BCUT2D eigenvalue weighted by molar-refractivity contribution is 6.04. The van der Waals surface area contributed by atoms with Gasteiger partial charge in [0.1, 0.15) is 0 Å². The Morgan fingerprint density at radius 3 is 2.41 bits per heavy atom. The fraction of sp³-hybridized carbons (Fsp3) is 0.333. The quantitative estimate of drug-likeness (QED) is 0.773. The van der Waals surface area contributed by atoms with Crippen LogP contribution in [-0.2, 0) is 11.2 Å². The number of ether oxygens (including phenoxy) is 2. The summed E-state index contributed by atoms with van der Waals surface area (Å²) in [6.07, 6.45) is 4.47. The van der Waals surface area contributed by atoms with Crippen LogP contribution in [0, 0.1) is 0 Å². The molecule has 2 aromatic carbocycles. The van der Waals surface area contributed by atoms with Gasteiger partial charge in [0.15, 0.2) is 11.5 Å². The third-order valence-corrected chi connectivity index (χ3v) is 4.59. The number of aliphatic carboxylic acids is 1. The number of carboxylic acids is 1. The average Bonchev–Trinajstić information content (AvgIpc) is 3.16. The van der Waals surface area contributed by atoms with Crippen molar-refractivity contribution in [2.75, 3.05) is 12.4 Å². The van der Waals surface area contributed by atoms with Crippen molar-refractivity contribution in [1.82, 2.24) is 0 Å². The van der Waals surface area contributed by atoms with Crippen molar-refractivity contribution in [3.63, 3.8) is 0 Å². The Morgan fingerprint density at radius 1 is 1.07 bits per heavy atom. The van der Waals surface area contributed by atoms with Gasteiger partial charge in [-0.05, 0) is 61.6 Å². The van der Waals surface area contributed by atoms with Crippen LogP contribution in [0.1, 0.15) is 41.6 Å². The minimum absolute atomic E-state index is 0.0471. The summed E-state index contributed by atoms with van der Waals surface area (Å²) in [7, 11) is 1.58. The predicted octanol–water partition coefficient (Wildman–Crippen LogP) is 3.90. The molecule has 27 heavy (non-hydrogen) atoms. The molecule has 0 unspecified atom stereocenters. The Labute approximate surface area is 158 Å². The van der Waals surface area contributed by atoms with Crippen molar-refractivity contribution in [2.24, 2.45) is 0 Å². The number of rotatable bonds is 7. The zero-order valence-corrected chi connectivity index (χ0v) is 15.2. The molecule has 1 fully saturated rings. The molecule has 3 rings (SSSR count). The van der Waals surface area contributed by atoms with Crippen LogP contribution in [-0.4, -0.2) is 30.2 Å². The van der Waals surface area contributed by atoms with E-state index in [1.165, 1.54) is 0 Å². The summed E-state index contributed by atoms with van der Waals surface area (Å²) in [6.45, 7) is 0. The van der Waals surface area contributed by atoms with E-state index in [4.69, 9.17) is 14.6 Å². The van der Waals surface area contributed by atoms with Gasteiger partial charge in [-0.2, -0.15) is 0 Å². The summed E-state index contributed by atoms with van der Waals surface area (Å²) in [6, 6.07) is 11.9. The minimum Gasteiger partial charge on any atom is -0.493 e. The minimum atomic E-state index is -0.889. The standard InChI is InChI=1S/C21H23NO5/c1-26-18-11-8-15(13-19(18)27-17-4-2-3-5-17)21(25)22-16-9-6-14(7-10-16)12-20(23)24/h6-11,13,17H,2-5,12H2,1H3,(H,22,25)(H,23,24). The molecule has 0 heterocycles. The SMILES string of the molecule is COc1ccc(C(=O)Nc2ccc(CC(=O)O)cc2)cc1OC1CCCC1. The normalized spacial score (nSPS) is 14.0. The average molecular weight is 369 g/mol. The maximum absolute atomic E-state index is 12.6. The van der Waals surface area contributed by atoms with E-state index in [2.05, 4.69) is 5.32 Å². The lowest BCUT2D eigenvalue weighted by Gasteiger charge is -2.17. The van der Waals surface area contributed by atoms with Gasteiger partial charge in [-0.1, -0.05) is 12.1 Å². The molecule has 2 aromatic rings. The van der Waals surface area contributed by atoms with Gasteiger partial charge < -0.3 is 19.9 Å². The number of carboxylic acid groups (broad SMARTS) is 1. The molecular weight excluding hydrogens is 346 g/mol. The first kappa shape index (κ1) is 18.8. The Hall–Kier alpha value is -3.02. The molecule has 0 atom stereocenters. The van der Waals surface area contributed by atoms with Crippen LogP contribution in [0.3, 0.4) is 0 Å². The van der Waals surface area contributed by atoms with E-state index in [0.29, 0.717) is 28.3 Å². The number of carbonyl (C=O) groups is 2. The second-order valence-corrected chi connectivity index (χ2v) is 6.61. The molecular formula is C21H23NO5. The van der Waals surface area contributed by atoms with Crippen LogP contribution < -0.4 is 14.8 Å². The van der Waals surface area contributed by atoms with E-state index in [0.717, 1.165) is 25.7 Å². The van der Waals surface area contributed by atoms with Crippen molar-refractivity contribution in [3.8, 4) is 11.5 Å². The Balaban J connectivity index is 1.71. The molecule has 0 aliphatic heterocycles. The largest absolute Gasteiger partial charge is 0.493 e. The number of methoxy groups -OCH3 is 1. The molecule has 1 saturated carbocycles. The van der Waals surface area contributed by atoms with Gasteiger partial charge in [0.25, 0.3) is 5.91 Å². The number of anilines is 1. The van der Waals surface area contributed by atoms with Crippen LogP contribution in [0.2, 0.25) is 0 Å². The van der Waals surface area contributed by atoms with E-state index in [1.807, 2.05) is 0 Å². The number of hydrogen-bond donors (Lipinski definition) is 2. The van der Waals surface area contributed by atoms with Crippen molar-refractivity contribution in [2.45, 2.75) is 38.2 Å². The van der Waals surface area contributed by atoms with Crippen molar-refractivity contribution < 1.29 is 24.2 Å². The van der Waals surface area contributed by atoms with Crippen LogP contribution >= 0.6 is 0 Å². The number of nitrogens with one attached hydrogen (secondary N) is 1. The number of hydrogen-bond acceptors (Lipinski definition) is 4. The van der Waals surface area contributed by atoms with E-state index >= 15 is 0 Å². The molecule has 6 nitrogen and oxygen atoms in total. The summed E-state index contributed by atoms with van der Waals surface area (Å²) < 4.78 is 11.4. The van der Waals surface area contributed by atoms with Crippen molar-refractivity contribution in [1.29, 1.82) is 0 Å². The lowest BCUT2D eigenvalue weighted by atomic mass is 10.1. The lowest BCUT2D eigenvalue weighted by Crippen LogP contribution is -2.14. The molecule has 1 aliphatic carbocycles. The summed E-state index contributed by atoms with van der Waals surface area (Å²) >= 11 is 0. The summed E-state index contributed by atoms with van der Waals surface area (Å²) in [5, 5.41) is 11.6. The second kappa shape index (κ2) is 8.58. The first-order valence-corrected chi connectivity index (χ1v) is 9.02. The van der Waals surface area contributed by atoms with Crippen molar-refractivity contribution in [3.05, 3.63) is 53.6 Å². The van der Waals surface area contributed by atoms with E-state index in [1.54, 1.807) is 49.6 Å². The van der Waals surface area contributed by atoms with E-state index in [-0.39, 0.29) is 18.4 Å². The highest BCUT2D eigenvalue weighted by Gasteiger charge is 2.19. The molecule has 2 N–H and O–H groups in total. The Bertz CT molecular complexity index is 810. The first-order valence-electron chi connectivity index (χ1n) is 9.02. The molecule has 1 aliphatic rings. The zero-order valence-electron chi connectivity index (χ0n) is 15.2. The lowest BCUT2D eigenvalue weighted by molar-refractivity contribution is -0.136. The zero-order chi connectivity index (χ0) is 19.2. The molecule has 142 valence electrons. The van der Waals surface area contributed by atoms with Gasteiger partial charge in [0.2, 0.25) is 0 Å². The maximum atomic E-state index is 12.6. The second-order valence-electron chi connectivity index (χ2n) is 6.61. The maximum Gasteiger partial charge on any atom is 0.307 e. The van der Waals surface area contributed by atoms with Crippen LogP contribution in [0.15, 0.2) is 42.5 Å². The summed E-state index contributed by atoms with van der Waals surface area (Å²) in [5.74, 6) is 0.0325. The molecule has 0 radical (unpaired) electrons. The first-order chi connectivity index (χ1) is 13.0. The Morgan fingerprint density at radius 2 is 1.78 bits per heavy atom. The van der Waals surface area contributed by atoms with Gasteiger partial charge >= 0.3 is 5.97 Å². The number of benzene rings is 2. The summed E-state index contributed by atoms with van der Waals surface area (Å²) in [5.41, 5.74) is 1.75. The van der Waals surface area contributed by atoms with Crippen LogP contribution in [0.4, 0.5) is 5.69 Å². The van der Waals surface area contributed by atoms with Gasteiger partial charge in [-0.15, -0.1) is 0 Å². The Kier molecular flexibility index (Phi) is 5.96. The fourth-order valence-electron chi connectivity index (χ4n) is 3.18. The third kappa shape index (κ3) is 5.00. The highest BCUT2D eigenvalue weighted by atomic mass is 16.5. The van der Waals surface area contributed by atoms with Crippen LogP contribution in [0.25, 0.3) is 0 Å². The molecule has 0 spiro atoms. The van der Waals surface area contributed by atoms with E-state index < -0.39 is 5.97 Å². The van der Waals surface area contributed by atoms with E-state index in [9.17, 15) is 9.59 Å². The van der Waals surface area contributed by atoms with Gasteiger partial charge in [0.05, 0.1) is 19.6 Å². The van der Waals surface area contributed by atoms with Crippen LogP contribution in [0.5, 0.6) is 11.5 Å². The summed E-state index contributed by atoms with van der Waals surface area (Å²) in [4.78, 5) is 23.3. The topological polar surface area (TPSA) is 84.9 Å². The monoisotopic (exact) mass is 369 g/mol. The molecule has 6 heteroatoms. The van der Waals surface area contributed by atoms with Gasteiger partial charge in [-0.3, -0.25) is 9.59 Å². The number of carbonyl (C=O) groups excluding carboxylic acids is 1. The molecule has 0 aromatic heterocycles. The fourth-order valence-corrected chi connectivity index (χ4v) is 3.18. The van der Waals surface area contributed by atoms with Gasteiger partial charge in [-0.25, -0.2) is 0 Å². The van der Waals surface area contributed by atoms with Gasteiger partial charge in [0, 0.05) is 11.3 Å². The molecule has 0 bridgehead atoms. The third-order valence-electron chi connectivity index (χ3n) is 4.59. The van der Waals surface area contributed by atoms with Crippen molar-refractivity contribution >= 4 is 17.6 Å². The smallest absolute Gasteiger partial charge is 0.307 e. The highest BCUT2D eigenvalue weighted by Crippen LogP contribution is 2.32. The molecule has 1 amide bonds. The predicted molar refractivity (Wildman–Crippen MR) is 102 cm³/mol.